The summed E-state index contributed by atoms with van der Waals surface area (Å²) in [5, 5.41) is 20.5. The fourth-order valence-electron chi connectivity index (χ4n) is 4.30. The topological polar surface area (TPSA) is 111 Å². The first kappa shape index (κ1) is 28.9. The number of rotatable bonds is 6. The maximum Gasteiger partial charge on any atom is 0.410 e. The number of fused-ring (bicyclic) bond motifs is 1. The Hall–Kier alpha value is -3.62. The number of hydrogen-bond donors (Lipinski definition) is 2. The minimum atomic E-state index is -4.69. The maximum atomic E-state index is 14.1. The van der Waals surface area contributed by atoms with Gasteiger partial charge in [0.15, 0.2) is 11.7 Å². The molecule has 0 bridgehead atoms. The minimum Gasteiger partial charge on any atom is -0.457 e. The Morgan fingerprint density at radius 2 is 1.71 bits per heavy atom. The third kappa shape index (κ3) is 6.34. The normalized spacial score (nSPS) is 16.4. The number of benzene rings is 3. The summed E-state index contributed by atoms with van der Waals surface area (Å²) in [5.74, 6) is -0.713. The van der Waals surface area contributed by atoms with Crippen molar-refractivity contribution in [2.24, 2.45) is 0 Å². The highest BCUT2D eigenvalue weighted by Crippen LogP contribution is 2.46. The largest absolute Gasteiger partial charge is 0.457 e. The van der Waals surface area contributed by atoms with Gasteiger partial charge in [0.1, 0.15) is 22.3 Å². The zero-order valence-corrected chi connectivity index (χ0v) is 24.4. The molecule has 1 aliphatic rings. The number of carbonyl (C=O) groups excluding carboxylic acids is 1. The van der Waals surface area contributed by atoms with Gasteiger partial charge in [-0.25, -0.2) is 4.68 Å². The van der Waals surface area contributed by atoms with E-state index in [4.69, 9.17) is 16.3 Å². The van der Waals surface area contributed by atoms with Crippen LogP contribution in [-0.4, -0.2) is 26.8 Å². The van der Waals surface area contributed by atoms with Crippen LogP contribution in [0.2, 0.25) is 5.02 Å². The first-order valence-electron chi connectivity index (χ1n) is 11.8. The SMILES string of the molecule is O=C(Nc1cc(Oc2ccc(Br)cc2)cc([N+](=O)[O-])c1)c1nn2c(c1Cl)NC(c1ccc(Br)cc1)CC2C(F)(F)F. The Morgan fingerprint density at radius 3 is 2.32 bits per heavy atom. The Kier molecular flexibility index (Phi) is 7.99. The third-order valence-corrected chi connectivity index (χ3v) is 7.61. The van der Waals surface area contributed by atoms with Gasteiger partial charge in [0, 0.05) is 27.5 Å². The molecule has 0 saturated heterocycles. The van der Waals surface area contributed by atoms with Crippen LogP contribution in [0.15, 0.2) is 75.7 Å². The van der Waals surface area contributed by atoms with E-state index >= 15 is 0 Å². The van der Waals surface area contributed by atoms with E-state index in [9.17, 15) is 28.1 Å². The molecule has 0 fully saturated rings. The van der Waals surface area contributed by atoms with E-state index in [-0.39, 0.29) is 28.0 Å². The van der Waals surface area contributed by atoms with Crippen molar-refractivity contribution in [3.8, 4) is 11.5 Å². The zero-order chi connectivity index (χ0) is 29.5. The number of nitrogens with zero attached hydrogens (tertiary/aromatic N) is 3. The lowest BCUT2D eigenvalue weighted by Gasteiger charge is -2.33. The molecule has 2 atom stereocenters. The number of nitrogens with one attached hydrogen (secondary N) is 2. The third-order valence-electron chi connectivity index (χ3n) is 6.19. The lowest BCUT2D eigenvalue weighted by Crippen LogP contribution is -2.35. The van der Waals surface area contributed by atoms with Crippen molar-refractivity contribution in [3.63, 3.8) is 0 Å². The van der Waals surface area contributed by atoms with E-state index in [0.717, 1.165) is 15.0 Å². The highest BCUT2D eigenvalue weighted by molar-refractivity contribution is 9.10. The van der Waals surface area contributed by atoms with E-state index in [2.05, 4.69) is 47.6 Å². The molecule has 212 valence electrons. The number of alkyl halides is 3. The number of carbonyl (C=O) groups is 1. The molecule has 9 nitrogen and oxygen atoms in total. The number of hydrogen-bond acceptors (Lipinski definition) is 6. The minimum absolute atomic E-state index is 0.0446. The fraction of sp³-hybridized carbons (Fsp3) is 0.154. The molecular formula is C26H17Br2ClF3N5O4. The van der Waals surface area contributed by atoms with Crippen molar-refractivity contribution in [2.45, 2.75) is 24.7 Å². The summed E-state index contributed by atoms with van der Waals surface area (Å²) >= 11 is 13.0. The summed E-state index contributed by atoms with van der Waals surface area (Å²) in [6.07, 6.45) is -5.08. The van der Waals surface area contributed by atoms with Gasteiger partial charge in [0.05, 0.1) is 22.7 Å². The first-order chi connectivity index (χ1) is 19.4. The van der Waals surface area contributed by atoms with Crippen LogP contribution in [0.25, 0.3) is 0 Å². The second-order valence-corrected chi connectivity index (χ2v) is 11.2. The van der Waals surface area contributed by atoms with Crippen LogP contribution >= 0.6 is 43.5 Å². The van der Waals surface area contributed by atoms with Gasteiger partial charge in [-0.1, -0.05) is 55.6 Å². The van der Waals surface area contributed by atoms with Crippen molar-refractivity contribution in [1.29, 1.82) is 0 Å². The van der Waals surface area contributed by atoms with Crippen LogP contribution in [-0.2, 0) is 0 Å². The molecule has 2 heterocycles. The molecule has 15 heteroatoms. The number of nitro groups is 1. The van der Waals surface area contributed by atoms with Crippen molar-refractivity contribution >= 4 is 66.6 Å². The molecule has 0 radical (unpaired) electrons. The second-order valence-electron chi connectivity index (χ2n) is 8.98. The van der Waals surface area contributed by atoms with E-state index in [1.165, 1.54) is 12.1 Å². The van der Waals surface area contributed by atoms with Crippen molar-refractivity contribution in [2.75, 3.05) is 10.6 Å². The number of nitro benzene ring substituents is 1. The van der Waals surface area contributed by atoms with Gasteiger partial charge in [-0.2, -0.15) is 18.3 Å². The molecule has 2 unspecified atom stereocenters. The molecule has 3 aromatic carbocycles. The van der Waals surface area contributed by atoms with Gasteiger partial charge in [-0.05, 0) is 42.0 Å². The summed E-state index contributed by atoms with van der Waals surface area (Å²) in [7, 11) is 0. The van der Waals surface area contributed by atoms with Gasteiger partial charge in [-0.3, -0.25) is 14.9 Å². The molecule has 1 aromatic heterocycles. The Labute approximate surface area is 252 Å². The monoisotopic (exact) mass is 713 g/mol. The van der Waals surface area contributed by atoms with Crippen molar-refractivity contribution in [1.82, 2.24) is 9.78 Å². The van der Waals surface area contributed by atoms with Crippen molar-refractivity contribution < 1.29 is 27.6 Å². The number of aromatic nitrogens is 2. The molecule has 2 N–H and O–H groups in total. The van der Waals surface area contributed by atoms with E-state index in [0.29, 0.717) is 16.0 Å². The first-order valence-corrected chi connectivity index (χ1v) is 13.8. The molecule has 0 aliphatic carbocycles. The summed E-state index contributed by atoms with van der Waals surface area (Å²) < 4.78 is 50.2. The van der Waals surface area contributed by atoms with Crippen LogP contribution in [0.3, 0.4) is 0 Å². The van der Waals surface area contributed by atoms with Crippen LogP contribution in [0.4, 0.5) is 30.4 Å². The van der Waals surface area contributed by atoms with Crippen molar-refractivity contribution in [3.05, 3.63) is 102 Å². The molecule has 0 spiro atoms. The lowest BCUT2D eigenvalue weighted by molar-refractivity contribution is -0.384. The molecule has 5 rings (SSSR count). The summed E-state index contributed by atoms with van der Waals surface area (Å²) in [5.41, 5.74) is -0.332. The number of amides is 1. The Balaban J connectivity index is 1.45. The fourth-order valence-corrected chi connectivity index (χ4v) is 5.09. The van der Waals surface area contributed by atoms with Gasteiger partial charge in [0.2, 0.25) is 0 Å². The quantitative estimate of drug-likeness (QED) is 0.153. The van der Waals surface area contributed by atoms with Gasteiger partial charge in [0.25, 0.3) is 11.6 Å². The predicted octanol–water partition coefficient (Wildman–Crippen LogP) is 8.67. The Bertz CT molecular complexity index is 1630. The molecule has 41 heavy (non-hydrogen) atoms. The Morgan fingerprint density at radius 1 is 1.07 bits per heavy atom. The van der Waals surface area contributed by atoms with Gasteiger partial charge >= 0.3 is 6.18 Å². The number of halogens is 6. The van der Waals surface area contributed by atoms with Gasteiger partial charge < -0.3 is 15.4 Å². The van der Waals surface area contributed by atoms with E-state index < -0.39 is 41.2 Å². The van der Waals surface area contributed by atoms with Gasteiger partial charge in [-0.15, -0.1) is 0 Å². The van der Waals surface area contributed by atoms with Crippen LogP contribution in [0.1, 0.15) is 34.6 Å². The van der Waals surface area contributed by atoms with E-state index in [1.807, 2.05) is 0 Å². The smallest absolute Gasteiger partial charge is 0.410 e. The summed E-state index contributed by atoms with van der Waals surface area (Å²) in [6, 6.07) is 14.2. The zero-order valence-electron chi connectivity index (χ0n) is 20.5. The molecule has 1 amide bonds. The standard InChI is InChI=1S/C26H17Br2ClF3N5O4/c27-14-3-1-13(2-4-14)20-12-21(26(30,31)32)36-24(34-20)22(29)23(35-36)25(38)33-16-9-17(37(39)40)11-19(10-16)41-18-7-5-15(28)6-8-18/h1-11,20-21,34H,12H2,(H,33,38). The number of ether oxygens (including phenoxy) is 1. The molecule has 0 saturated carbocycles. The van der Waals surface area contributed by atoms with Crippen LogP contribution in [0, 0.1) is 10.1 Å². The molecule has 4 aromatic rings. The molecular weight excluding hydrogens is 699 g/mol. The lowest BCUT2D eigenvalue weighted by atomic mass is 9.97. The summed E-state index contributed by atoms with van der Waals surface area (Å²) in [6.45, 7) is 0. The number of non-ortho nitro benzene ring substituents is 1. The maximum absolute atomic E-state index is 14.1. The second kappa shape index (κ2) is 11.3. The molecule has 1 aliphatic heterocycles. The number of anilines is 2. The summed E-state index contributed by atoms with van der Waals surface area (Å²) in [4.78, 5) is 24.0. The van der Waals surface area contributed by atoms with Crippen LogP contribution in [0.5, 0.6) is 11.5 Å². The van der Waals surface area contributed by atoms with Crippen LogP contribution < -0.4 is 15.4 Å². The average Bonchev–Trinajstić information content (AvgIpc) is 3.25. The van der Waals surface area contributed by atoms with E-state index in [1.54, 1.807) is 48.5 Å². The highest BCUT2D eigenvalue weighted by atomic mass is 79.9. The highest BCUT2D eigenvalue weighted by Gasteiger charge is 2.48. The predicted molar refractivity (Wildman–Crippen MR) is 153 cm³/mol. The average molecular weight is 716 g/mol.